The first-order valence-electron chi connectivity index (χ1n) is 4.67. The minimum Gasteiger partial charge on any atom is -0.357 e. The molecule has 1 heterocycles. The summed E-state index contributed by atoms with van der Waals surface area (Å²) in [6.45, 7) is 3.68. The smallest absolute Gasteiger partial charge is 0.207 e. The monoisotopic (exact) mass is 198 g/mol. The van der Waals surface area contributed by atoms with E-state index in [1.165, 1.54) is 0 Å². The van der Waals surface area contributed by atoms with E-state index in [9.17, 15) is 4.79 Å². The lowest BCUT2D eigenvalue weighted by atomic mass is 10.1. The van der Waals surface area contributed by atoms with Gasteiger partial charge in [0.15, 0.2) is 0 Å². The van der Waals surface area contributed by atoms with Crippen molar-refractivity contribution in [3.05, 3.63) is 45.2 Å². The van der Waals surface area contributed by atoms with Gasteiger partial charge in [-0.15, -0.1) is 0 Å². The van der Waals surface area contributed by atoms with Gasteiger partial charge in [0, 0.05) is 11.1 Å². The first kappa shape index (κ1) is 9.47. The number of aromatic nitrogens is 1. The molecule has 2 aromatic rings. The summed E-state index contributed by atoms with van der Waals surface area (Å²) in [5, 5.41) is 9.44. The second-order valence-electron chi connectivity index (χ2n) is 3.56. The summed E-state index contributed by atoms with van der Waals surface area (Å²) in [6.07, 6.45) is 0. The van der Waals surface area contributed by atoms with Crippen molar-refractivity contribution in [2.24, 2.45) is 0 Å². The maximum absolute atomic E-state index is 11.9. The topological polar surface area (TPSA) is 56.6 Å². The molecule has 3 nitrogen and oxygen atoms in total. The van der Waals surface area contributed by atoms with E-state index >= 15 is 0 Å². The van der Waals surface area contributed by atoms with Crippen molar-refractivity contribution in [3.63, 3.8) is 0 Å². The Bertz CT molecular complexity index is 632. The maximum Gasteiger partial charge on any atom is 0.207 e. The van der Waals surface area contributed by atoms with E-state index in [-0.39, 0.29) is 11.0 Å². The number of aromatic amines is 1. The maximum atomic E-state index is 11.9. The normalized spacial score (nSPS) is 10.2. The molecule has 74 valence electrons. The Morgan fingerprint density at radius 3 is 2.73 bits per heavy atom. The Kier molecular flexibility index (Phi) is 2.05. The third-order valence-corrected chi connectivity index (χ3v) is 2.54. The number of nitrogens with one attached hydrogen (secondary N) is 1. The number of nitriles is 1. The fourth-order valence-electron chi connectivity index (χ4n) is 1.71. The Hall–Kier alpha value is -2.08. The van der Waals surface area contributed by atoms with Gasteiger partial charge >= 0.3 is 0 Å². The van der Waals surface area contributed by atoms with Crippen LogP contribution in [0, 0.1) is 25.2 Å². The van der Waals surface area contributed by atoms with Crippen molar-refractivity contribution in [3.8, 4) is 6.07 Å². The zero-order valence-electron chi connectivity index (χ0n) is 8.59. The van der Waals surface area contributed by atoms with Crippen molar-refractivity contribution in [1.29, 1.82) is 5.26 Å². The second kappa shape index (κ2) is 3.25. The number of H-pyrrole nitrogens is 1. The third kappa shape index (κ3) is 1.31. The molecule has 0 saturated carbocycles. The van der Waals surface area contributed by atoms with Crippen LogP contribution in [0.1, 0.15) is 16.8 Å². The number of aryl methyl sites for hydroxylation is 2. The lowest BCUT2D eigenvalue weighted by molar-refractivity contribution is 1.20. The molecular weight excluding hydrogens is 188 g/mol. The largest absolute Gasteiger partial charge is 0.357 e. The predicted octanol–water partition coefficient (Wildman–Crippen LogP) is 2.02. The summed E-state index contributed by atoms with van der Waals surface area (Å²) in [5.74, 6) is 0. The van der Waals surface area contributed by atoms with Crippen molar-refractivity contribution < 1.29 is 0 Å². The molecule has 0 saturated heterocycles. The standard InChI is InChI=1S/C12H10N2O/c1-7-4-3-5-9-11(7)14-8(2)10(6-13)12(9)15/h3-5H,1-2H3,(H,14,15). The van der Waals surface area contributed by atoms with Gasteiger partial charge in [-0.05, 0) is 25.5 Å². The average molecular weight is 198 g/mol. The third-order valence-electron chi connectivity index (χ3n) is 2.54. The fraction of sp³-hybridized carbons (Fsp3) is 0.167. The Morgan fingerprint density at radius 1 is 1.33 bits per heavy atom. The number of fused-ring (bicyclic) bond motifs is 1. The molecule has 0 aliphatic carbocycles. The number of pyridine rings is 1. The molecule has 0 aliphatic rings. The van der Waals surface area contributed by atoms with Gasteiger partial charge in [-0.2, -0.15) is 5.26 Å². The fourth-order valence-corrected chi connectivity index (χ4v) is 1.71. The van der Waals surface area contributed by atoms with Crippen molar-refractivity contribution >= 4 is 10.9 Å². The lowest BCUT2D eigenvalue weighted by Crippen LogP contribution is -2.10. The van der Waals surface area contributed by atoms with E-state index in [0.717, 1.165) is 11.1 Å². The van der Waals surface area contributed by atoms with Crippen LogP contribution in [0.4, 0.5) is 0 Å². The summed E-state index contributed by atoms with van der Waals surface area (Å²) >= 11 is 0. The van der Waals surface area contributed by atoms with E-state index in [1.54, 1.807) is 13.0 Å². The van der Waals surface area contributed by atoms with Gasteiger partial charge in [-0.25, -0.2) is 0 Å². The Balaban J connectivity index is 3.06. The molecule has 15 heavy (non-hydrogen) atoms. The van der Waals surface area contributed by atoms with Gasteiger partial charge in [0.25, 0.3) is 0 Å². The van der Waals surface area contributed by atoms with Crippen LogP contribution < -0.4 is 5.43 Å². The molecule has 0 spiro atoms. The number of hydrogen-bond acceptors (Lipinski definition) is 2. The van der Waals surface area contributed by atoms with Gasteiger partial charge in [0.05, 0.1) is 5.52 Å². The van der Waals surface area contributed by atoms with E-state index in [1.807, 2.05) is 25.1 Å². The number of para-hydroxylation sites is 1. The van der Waals surface area contributed by atoms with Gasteiger partial charge in [0.2, 0.25) is 5.43 Å². The highest BCUT2D eigenvalue weighted by atomic mass is 16.1. The van der Waals surface area contributed by atoms with Gasteiger partial charge in [-0.3, -0.25) is 4.79 Å². The number of benzene rings is 1. The van der Waals surface area contributed by atoms with E-state index < -0.39 is 0 Å². The molecule has 0 bridgehead atoms. The Labute approximate surface area is 87.0 Å². The van der Waals surface area contributed by atoms with Crippen LogP contribution in [0.2, 0.25) is 0 Å². The van der Waals surface area contributed by atoms with Gasteiger partial charge in [0.1, 0.15) is 11.6 Å². The highest BCUT2D eigenvalue weighted by Crippen LogP contribution is 2.14. The summed E-state index contributed by atoms with van der Waals surface area (Å²) < 4.78 is 0. The van der Waals surface area contributed by atoms with Crippen LogP contribution in [0.15, 0.2) is 23.0 Å². The van der Waals surface area contributed by atoms with Gasteiger partial charge < -0.3 is 4.98 Å². The molecule has 1 N–H and O–H groups in total. The molecule has 0 unspecified atom stereocenters. The SMILES string of the molecule is Cc1[nH]c2c(C)cccc2c(=O)c1C#N. The van der Waals surface area contributed by atoms with Gasteiger partial charge in [-0.1, -0.05) is 12.1 Å². The molecule has 0 fully saturated rings. The molecule has 2 rings (SSSR count). The molecular formula is C12H10N2O. The van der Waals surface area contributed by atoms with Crippen molar-refractivity contribution in [2.45, 2.75) is 13.8 Å². The molecule has 0 amide bonds. The van der Waals surface area contributed by atoms with Crippen molar-refractivity contribution in [2.75, 3.05) is 0 Å². The molecule has 3 heteroatoms. The molecule has 0 aliphatic heterocycles. The number of rotatable bonds is 0. The van der Waals surface area contributed by atoms with Crippen LogP contribution in [0.25, 0.3) is 10.9 Å². The van der Waals surface area contributed by atoms with Crippen molar-refractivity contribution in [1.82, 2.24) is 4.98 Å². The van der Waals surface area contributed by atoms with Crippen LogP contribution in [0.5, 0.6) is 0 Å². The Morgan fingerprint density at radius 2 is 2.07 bits per heavy atom. The van der Waals surface area contributed by atoms with Crippen LogP contribution >= 0.6 is 0 Å². The lowest BCUT2D eigenvalue weighted by Gasteiger charge is -2.04. The number of hydrogen-bond donors (Lipinski definition) is 1. The van der Waals surface area contributed by atoms with E-state index in [4.69, 9.17) is 5.26 Å². The average Bonchev–Trinajstić information content (AvgIpc) is 2.20. The first-order valence-corrected chi connectivity index (χ1v) is 4.67. The zero-order valence-corrected chi connectivity index (χ0v) is 8.59. The summed E-state index contributed by atoms with van der Waals surface area (Å²) in [5.41, 5.74) is 2.47. The van der Waals surface area contributed by atoms with Crippen LogP contribution in [-0.4, -0.2) is 4.98 Å². The number of nitrogens with zero attached hydrogens (tertiary/aromatic N) is 1. The highest BCUT2D eigenvalue weighted by molar-refractivity contribution is 5.82. The molecule has 0 atom stereocenters. The van der Waals surface area contributed by atoms with E-state index in [0.29, 0.717) is 11.1 Å². The summed E-state index contributed by atoms with van der Waals surface area (Å²) in [7, 11) is 0. The first-order chi connectivity index (χ1) is 7.15. The van der Waals surface area contributed by atoms with Crippen LogP contribution in [-0.2, 0) is 0 Å². The van der Waals surface area contributed by atoms with Crippen LogP contribution in [0.3, 0.4) is 0 Å². The second-order valence-corrected chi connectivity index (χ2v) is 3.56. The van der Waals surface area contributed by atoms with E-state index in [2.05, 4.69) is 4.98 Å². The minimum atomic E-state index is -0.188. The quantitative estimate of drug-likeness (QED) is 0.704. The highest BCUT2D eigenvalue weighted by Gasteiger charge is 2.08. The predicted molar refractivity (Wildman–Crippen MR) is 58.8 cm³/mol. The molecule has 1 aromatic carbocycles. The summed E-state index contributed by atoms with van der Waals surface area (Å²) in [4.78, 5) is 15.0. The zero-order chi connectivity index (χ0) is 11.0. The minimum absolute atomic E-state index is 0.188. The summed E-state index contributed by atoms with van der Waals surface area (Å²) in [6, 6.07) is 7.43. The molecule has 0 radical (unpaired) electrons. The molecule has 1 aromatic heterocycles.